The van der Waals surface area contributed by atoms with Crippen LogP contribution in [0.25, 0.3) is 0 Å². The first-order chi connectivity index (χ1) is 10.5. The van der Waals surface area contributed by atoms with Crippen LogP contribution < -0.4 is 9.47 Å². The Kier molecular flexibility index (Phi) is 4.03. The van der Waals surface area contributed by atoms with Gasteiger partial charge in [-0.25, -0.2) is 0 Å². The van der Waals surface area contributed by atoms with E-state index in [4.69, 9.17) is 18.9 Å². The quantitative estimate of drug-likeness (QED) is 0.873. The van der Waals surface area contributed by atoms with Gasteiger partial charge in [-0.1, -0.05) is 0 Å². The lowest BCUT2D eigenvalue weighted by atomic mass is 9.75. The van der Waals surface area contributed by atoms with E-state index >= 15 is 0 Å². The fourth-order valence-corrected chi connectivity index (χ4v) is 3.42. The van der Waals surface area contributed by atoms with Crippen LogP contribution in [0.15, 0.2) is 12.1 Å². The summed E-state index contributed by atoms with van der Waals surface area (Å²) in [4.78, 5) is 0. The molecule has 4 atom stereocenters. The van der Waals surface area contributed by atoms with Crippen molar-refractivity contribution in [3.63, 3.8) is 0 Å². The summed E-state index contributed by atoms with van der Waals surface area (Å²) in [6, 6.07) is 3.55. The van der Waals surface area contributed by atoms with E-state index < -0.39 is 17.8 Å². The fourth-order valence-electron chi connectivity index (χ4n) is 3.42. The van der Waals surface area contributed by atoms with E-state index in [-0.39, 0.29) is 12.7 Å². The maximum atomic E-state index is 11.0. The predicted molar refractivity (Wildman–Crippen MR) is 78.1 cm³/mol. The smallest absolute Gasteiger partial charge is 0.155 e. The summed E-state index contributed by atoms with van der Waals surface area (Å²) in [6.45, 7) is 2.10. The highest BCUT2D eigenvalue weighted by molar-refractivity contribution is 5.52. The van der Waals surface area contributed by atoms with Crippen LogP contribution in [0, 0.1) is 0 Å². The molecule has 2 aliphatic rings. The molecule has 1 unspecified atom stereocenters. The molecule has 22 heavy (non-hydrogen) atoms. The fraction of sp³-hybridized carbons (Fsp3) is 0.625. The molecule has 1 aromatic carbocycles. The SMILES string of the molecule is COc1ccc(OC)c2c1CC(O)([C@H]1CO[C@@H](C)O1)C[C@H]2O. The van der Waals surface area contributed by atoms with E-state index in [0.717, 1.165) is 5.56 Å². The zero-order valence-electron chi connectivity index (χ0n) is 13.0. The molecule has 6 heteroatoms. The minimum Gasteiger partial charge on any atom is -0.496 e. The monoisotopic (exact) mass is 310 g/mol. The number of rotatable bonds is 3. The normalized spacial score (nSPS) is 34.3. The third-order valence-electron chi connectivity index (χ3n) is 4.51. The zero-order chi connectivity index (χ0) is 15.9. The third-order valence-corrected chi connectivity index (χ3v) is 4.51. The molecule has 1 heterocycles. The summed E-state index contributed by atoms with van der Waals surface area (Å²) in [7, 11) is 3.13. The van der Waals surface area contributed by atoms with Crippen molar-refractivity contribution >= 4 is 0 Å². The zero-order valence-corrected chi connectivity index (χ0v) is 13.0. The Morgan fingerprint density at radius 3 is 2.50 bits per heavy atom. The van der Waals surface area contributed by atoms with Crippen molar-refractivity contribution in [1.82, 2.24) is 0 Å². The van der Waals surface area contributed by atoms with E-state index in [2.05, 4.69) is 0 Å². The largest absolute Gasteiger partial charge is 0.496 e. The highest BCUT2D eigenvalue weighted by Crippen LogP contribution is 2.46. The van der Waals surface area contributed by atoms with Gasteiger partial charge >= 0.3 is 0 Å². The molecular weight excluding hydrogens is 288 g/mol. The lowest BCUT2D eigenvalue weighted by molar-refractivity contribution is -0.131. The number of benzene rings is 1. The van der Waals surface area contributed by atoms with Gasteiger partial charge in [-0.3, -0.25) is 0 Å². The van der Waals surface area contributed by atoms with Gasteiger partial charge in [0.05, 0.1) is 26.9 Å². The van der Waals surface area contributed by atoms with Gasteiger partial charge in [-0.2, -0.15) is 0 Å². The molecule has 2 N–H and O–H groups in total. The Morgan fingerprint density at radius 2 is 1.91 bits per heavy atom. The van der Waals surface area contributed by atoms with Crippen molar-refractivity contribution in [3.8, 4) is 11.5 Å². The number of hydrogen-bond donors (Lipinski definition) is 2. The van der Waals surface area contributed by atoms with E-state index in [1.807, 2.05) is 0 Å². The number of aliphatic hydroxyl groups is 2. The summed E-state index contributed by atoms with van der Waals surface area (Å²) in [5.41, 5.74) is 0.237. The number of hydrogen-bond acceptors (Lipinski definition) is 6. The van der Waals surface area contributed by atoms with Crippen LogP contribution in [0.3, 0.4) is 0 Å². The molecule has 0 spiro atoms. The number of ether oxygens (including phenoxy) is 4. The van der Waals surface area contributed by atoms with E-state index in [0.29, 0.717) is 30.1 Å². The Hall–Kier alpha value is -1.34. The summed E-state index contributed by atoms with van der Waals surface area (Å²) < 4.78 is 21.8. The molecule has 1 aromatic rings. The molecule has 122 valence electrons. The van der Waals surface area contributed by atoms with Crippen LogP contribution in [0.1, 0.15) is 30.6 Å². The van der Waals surface area contributed by atoms with Crippen LogP contribution >= 0.6 is 0 Å². The molecular formula is C16H22O6. The minimum absolute atomic E-state index is 0.171. The van der Waals surface area contributed by atoms with Crippen LogP contribution in [0.5, 0.6) is 11.5 Å². The van der Waals surface area contributed by atoms with Gasteiger partial charge in [0.25, 0.3) is 0 Å². The number of methoxy groups -OCH3 is 2. The maximum absolute atomic E-state index is 11.0. The Balaban J connectivity index is 2.01. The average molecular weight is 310 g/mol. The van der Waals surface area contributed by atoms with Crippen LogP contribution in [-0.4, -0.2) is 49.0 Å². The van der Waals surface area contributed by atoms with Gasteiger partial charge < -0.3 is 29.2 Å². The van der Waals surface area contributed by atoms with Gasteiger partial charge in [0, 0.05) is 24.0 Å². The molecule has 0 bridgehead atoms. The predicted octanol–water partition coefficient (Wildman–Crippen LogP) is 1.18. The molecule has 0 aromatic heterocycles. The van der Waals surface area contributed by atoms with Crippen molar-refractivity contribution < 1.29 is 29.2 Å². The van der Waals surface area contributed by atoms with Gasteiger partial charge in [0.2, 0.25) is 0 Å². The van der Waals surface area contributed by atoms with Crippen molar-refractivity contribution in [1.29, 1.82) is 0 Å². The first-order valence-electron chi connectivity index (χ1n) is 7.39. The first kappa shape index (κ1) is 15.6. The molecule has 0 saturated carbocycles. The van der Waals surface area contributed by atoms with Gasteiger partial charge in [-0.05, 0) is 19.1 Å². The van der Waals surface area contributed by atoms with E-state index in [1.165, 1.54) is 0 Å². The summed E-state index contributed by atoms with van der Waals surface area (Å²) in [5, 5.41) is 21.6. The molecule has 0 amide bonds. The van der Waals surface area contributed by atoms with Crippen LogP contribution in [-0.2, 0) is 15.9 Å². The lowest BCUT2D eigenvalue weighted by Crippen LogP contribution is -2.49. The molecule has 1 aliphatic heterocycles. The topological polar surface area (TPSA) is 77.4 Å². The molecule has 1 saturated heterocycles. The number of aliphatic hydroxyl groups excluding tert-OH is 1. The van der Waals surface area contributed by atoms with Gasteiger partial charge in [0.1, 0.15) is 23.2 Å². The summed E-state index contributed by atoms with van der Waals surface area (Å²) >= 11 is 0. The van der Waals surface area contributed by atoms with Crippen molar-refractivity contribution in [2.45, 2.75) is 43.9 Å². The molecule has 1 aliphatic carbocycles. The average Bonchev–Trinajstić information content (AvgIpc) is 2.93. The molecule has 6 nitrogen and oxygen atoms in total. The van der Waals surface area contributed by atoms with Crippen molar-refractivity contribution in [2.75, 3.05) is 20.8 Å². The molecule has 0 radical (unpaired) electrons. The molecule has 3 rings (SSSR count). The molecule has 1 fully saturated rings. The van der Waals surface area contributed by atoms with E-state index in [9.17, 15) is 10.2 Å². The van der Waals surface area contributed by atoms with Crippen LogP contribution in [0.4, 0.5) is 0 Å². The highest BCUT2D eigenvalue weighted by Gasteiger charge is 2.48. The number of fused-ring (bicyclic) bond motifs is 1. The van der Waals surface area contributed by atoms with Gasteiger partial charge in [0.15, 0.2) is 6.29 Å². The van der Waals surface area contributed by atoms with E-state index in [1.54, 1.807) is 33.3 Å². The maximum Gasteiger partial charge on any atom is 0.155 e. The third kappa shape index (κ3) is 2.46. The second-order valence-corrected chi connectivity index (χ2v) is 5.89. The minimum atomic E-state index is -1.20. The lowest BCUT2D eigenvalue weighted by Gasteiger charge is -2.40. The van der Waals surface area contributed by atoms with Gasteiger partial charge in [-0.15, -0.1) is 0 Å². The van der Waals surface area contributed by atoms with Crippen molar-refractivity contribution in [2.24, 2.45) is 0 Å². The summed E-state index contributed by atoms with van der Waals surface area (Å²) in [6.07, 6.45) is -1.18. The van der Waals surface area contributed by atoms with Crippen LogP contribution in [0.2, 0.25) is 0 Å². The highest BCUT2D eigenvalue weighted by atomic mass is 16.7. The Labute approximate surface area is 129 Å². The first-order valence-corrected chi connectivity index (χ1v) is 7.39. The second-order valence-electron chi connectivity index (χ2n) is 5.89. The van der Waals surface area contributed by atoms with Crippen molar-refractivity contribution in [3.05, 3.63) is 23.3 Å². The standard InChI is InChI=1S/C16H22O6/c1-9-21-8-14(22-9)16(18)6-10-12(19-2)4-5-13(20-3)15(10)11(17)7-16/h4-5,9,11,14,17-18H,6-8H2,1-3H3/t9-,11-,14-,16?/m1/s1. The Bertz CT molecular complexity index is 560. The second kappa shape index (κ2) is 5.70. The Morgan fingerprint density at radius 1 is 1.23 bits per heavy atom. The summed E-state index contributed by atoms with van der Waals surface area (Å²) in [5.74, 6) is 1.22.